The summed E-state index contributed by atoms with van der Waals surface area (Å²) in [7, 11) is 0. The first kappa shape index (κ1) is 20.2. The molecule has 4 rings (SSSR count). The molecular weight excluding hydrogens is 402 g/mol. The zero-order valence-electron chi connectivity index (χ0n) is 17.2. The Morgan fingerprint density at radius 3 is 2.72 bits per heavy atom. The van der Waals surface area contributed by atoms with Crippen molar-refractivity contribution in [3.63, 3.8) is 0 Å². The van der Waals surface area contributed by atoms with Gasteiger partial charge in [-0.15, -0.1) is 11.3 Å². The van der Waals surface area contributed by atoms with Crippen molar-refractivity contribution in [2.75, 3.05) is 6.54 Å². The summed E-state index contributed by atoms with van der Waals surface area (Å²) in [4.78, 5) is 32.9. The van der Waals surface area contributed by atoms with Crippen molar-refractivity contribution >= 4 is 39.2 Å². The summed E-state index contributed by atoms with van der Waals surface area (Å²) in [5.41, 5.74) is 3.93. The van der Waals surface area contributed by atoms with Gasteiger partial charge >= 0.3 is 0 Å². The van der Waals surface area contributed by atoms with Gasteiger partial charge in [0.2, 0.25) is 5.91 Å². The molecule has 0 spiro atoms. The van der Waals surface area contributed by atoms with Crippen molar-refractivity contribution in [2.24, 2.45) is 0 Å². The summed E-state index contributed by atoms with van der Waals surface area (Å²) in [6, 6.07) is 6.06. The van der Waals surface area contributed by atoms with Crippen LogP contribution in [0.25, 0.3) is 15.9 Å². The summed E-state index contributed by atoms with van der Waals surface area (Å²) in [6.45, 7) is 8.77. The van der Waals surface area contributed by atoms with E-state index >= 15 is 0 Å². The third-order valence-corrected chi connectivity index (χ3v) is 7.82. The first-order chi connectivity index (χ1) is 13.9. The van der Waals surface area contributed by atoms with Crippen LogP contribution in [-0.4, -0.2) is 27.3 Å². The number of nitrogens with one attached hydrogen (secondary N) is 1. The summed E-state index contributed by atoms with van der Waals surface area (Å²) < 4.78 is 1.71. The van der Waals surface area contributed by atoms with Gasteiger partial charge in [-0.25, -0.2) is 4.98 Å². The number of amides is 1. The lowest BCUT2D eigenvalue weighted by molar-refractivity contribution is -0.120. The van der Waals surface area contributed by atoms with Crippen molar-refractivity contribution in [2.45, 2.75) is 57.4 Å². The molecule has 3 heterocycles. The topological polar surface area (TPSA) is 64.0 Å². The van der Waals surface area contributed by atoms with Gasteiger partial charge in [-0.05, 0) is 57.7 Å². The average Bonchev–Trinajstić information content (AvgIpc) is 2.81. The molecule has 0 unspecified atom stereocenters. The predicted octanol–water partition coefficient (Wildman–Crippen LogP) is 4.44. The van der Waals surface area contributed by atoms with Crippen LogP contribution in [0.5, 0.6) is 0 Å². The lowest BCUT2D eigenvalue weighted by Crippen LogP contribution is -2.31. The van der Waals surface area contributed by atoms with Crippen LogP contribution in [0.15, 0.2) is 28.2 Å². The maximum atomic E-state index is 13.6. The first-order valence-corrected chi connectivity index (χ1v) is 11.6. The molecule has 7 heteroatoms. The zero-order valence-corrected chi connectivity index (χ0v) is 18.8. The van der Waals surface area contributed by atoms with Crippen LogP contribution in [-0.2, 0) is 4.79 Å². The molecule has 1 N–H and O–H groups in total. The van der Waals surface area contributed by atoms with Crippen molar-refractivity contribution < 1.29 is 4.79 Å². The van der Waals surface area contributed by atoms with Crippen LogP contribution in [0.4, 0.5) is 0 Å². The number of benzene rings is 1. The molecule has 0 radical (unpaired) electrons. The fourth-order valence-electron chi connectivity index (χ4n) is 3.77. The molecule has 5 nitrogen and oxygen atoms in total. The highest BCUT2D eigenvalue weighted by molar-refractivity contribution is 8.00. The molecule has 0 bridgehead atoms. The quantitative estimate of drug-likeness (QED) is 0.628. The highest BCUT2D eigenvalue weighted by Gasteiger charge is 2.26. The van der Waals surface area contributed by atoms with Gasteiger partial charge in [0.1, 0.15) is 4.83 Å². The largest absolute Gasteiger partial charge is 0.355 e. The fourth-order valence-corrected chi connectivity index (χ4v) is 6.01. The van der Waals surface area contributed by atoms with E-state index < -0.39 is 0 Å². The Kier molecular flexibility index (Phi) is 5.53. The molecule has 1 aliphatic rings. The van der Waals surface area contributed by atoms with E-state index in [0.717, 1.165) is 57.9 Å². The molecule has 29 heavy (non-hydrogen) atoms. The van der Waals surface area contributed by atoms with E-state index in [2.05, 4.69) is 11.4 Å². The van der Waals surface area contributed by atoms with Crippen LogP contribution in [0.3, 0.4) is 0 Å². The van der Waals surface area contributed by atoms with Gasteiger partial charge in [0.05, 0.1) is 16.3 Å². The number of fused-ring (bicyclic) bond motifs is 1. The molecular formula is C22H25N3O2S2. The maximum Gasteiger partial charge on any atom is 0.267 e. The average molecular weight is 428 g/mol. The van der Waals surface area contributed by atoms with Crippen LogP contribution in [0.1, 0.15) is 40.8 Å². The zero-order chi connectivity index (χ0) is 20.7. The Hall–Kier alpha value is -2.12. The Morgan fingerprint density at radius 2 is 1.97 bits per heavy atom. The minimum atomic E-state index is -0.235. The van der Waals surface area contributed by atoms with Gasteiger partial charge in [0.15, 0.2) is 5.16 Å². The molecule has 1 aromatic carbocycles. The number of rotatable bonds is 3. The van der Waals surface area contributed by atoms with Crippen LogP contribution >= 0.6 is 23.1 Å². The monoisotopic (exact) mass is 427 g/mol. The third kappa shape index (κ3) is 3.73. The van der Waals surface area contributed by atoms with E-state index in [1.54, 1.807) is 15.9 Å². The first-order valence-electron chi connectivity index (χ1n) is 9.91. The highest BCUT2D eigenvalue weighted by Crippen LogP contribution is 2.33. The van der Waals surface area contributed by atoms with Crippen molar-refractivity contribution in [3.05, 3.63) is 50.1 Å². The van der Waals surface area contributed by atoms with Gasteiger partial charge in [-0.2, -0.15) is 0 Å². The number of aromatic nitrogens is 2. The normalized spacial score (nSPS) is 17.4. The molecule has 1 amide bonds. The fraction of sp³-hybridized carbons (Fsp3) is 0.409. The second-order valence-electron chi connectivity index (χ2n) is 7.68. The van der Waals surface area contributed by atoms with Crippen LogP contribution in [0.2, 0.25) is 0 Å². The van der Waals surface area contributed by atoms with E-state index in [-0.39, 0.29) is 16.7 Å². The van der Waals surface area contributed by atoms with Crippen molar-refractivity contribution in [1.82, 2.24) is 14.9 Å². The van der Waals surface area contributed by atoms with E-state index in [1.807, 2.05) is 39.8 Å². The molecule has 0 aliphatic carbocycles. The van der Waals surface area contributed by atoms with Crippen LogP contribution in [0, 0.1) is 27.7 Å². The number of carbonyl (C=O) groups excluding carboxylic acids is 1. The summed E-state index contributed by atoms with van der Waals surface area (Å²) >= 11 is 2.96. The SMILES string of the molecule is Cc1ccc(-n2c(S[C@@H]3CCCCNC3=O)nc3sc(C)c(C)c3c2=O)c(C)c1. The van der Waals surface area contributed by atoms with Crippen molar-refractivity contribution in [1.29, 1.82) is 0 Å². The number of hydrogen-bond donors (Lipinski definition) is 1. The minimum Gasteiger partial charge on any atom is -0.355 e. The number of aryl methyl sites for hydroxylation is 4. The molecule has 1 atom stereocenters. The number of thiophene rings is 1. The second-order valence-corrected chi connectivity index (χ2v) is 10.1. The molecule has 1 fully saturated rings. The molecule has 152 valence electrons. The molecule has 0 saturated carbocycles. The smallest absolute Gasteiger partial charge is 0.267 e. The number of carbonyl (C=O) groups is 1. The molecule has 2 aromatic heterocycles. The summed E-state index contributed by atoms with van der Waals surface area (Å²) in [6.07, 6.45) is 2.77. The van der Waals surface area contributed by atoms with Gasteiger partial charge in [0, 0.05) is 11.4 Å². The lowest BCUT2D eigenvalue weighted by Gasteiger charge is -2.18. The molecule has 1 saturated heterocycles. The Balaban J connectivity index is 1.94. The molecule has 3 aromatic rings. The summed E-state index contributed by atoms with van der Waals surface area (Å²) in [5, 5.41) is 4.03. The van der Waals surface area contributed by atoms with Gasteiger partial charge in [-0.1, -0.05) is 35.9 Å². The van der Waals surface area contributed by atoms with E-state index in [0.29, 0.717) is 10.5 Å². The Morgan fingerprint density at radius 1 is 1.17 bits per heavy atom. The minimum absolute atomic E-state index is 0.0348. The van der Waals surface area contributed by atoms with Gasteiger partial charge in [0.25, 0.3) is 5.56 Å². The third-order valence-electron chi connectivity index (χ3n) is 5.50. The molecule has 1 aliphatic heterocycles. The Bertz CT molecular complexity index is 1160. The van der Waals surface area contributed by atoms with Gasteiger partial charge < -0.3 is 5.32 Å². The second kappa shape index (κ2) is 7.95. The van der Waals surface area contributed by atoms with Crippen LogP contribution < -0.4 is 10.9 Å². The van der Waals surface area contributed by atoms with E-state index in [1.165, 1.54) is 11.8 Å². The standard InChI is InChI=1S/C22H25N3O2S2/c1-12-8-9-16(13(2)11-12)25-21(27)18-14(3)15(4)28-20(18)24-22(25)29-17-7-5-6-10-23-19(17)26/h8-9,11,17H,5-7,10H2,1-4H3,(H,23,26)/t17-/m1/s1. The predicted molar refractivity (Wildman–Crippen MR) is 121 cm³/mol. The van der Waals surface area contributed by atoms with E-state index in [9.17, 15) is 9.59 Å². The van der Waals surface area contributed by atoms with Crippen molar-refractivity contribution in [3.8, 4) is 5.69 Å². The highest BCUT2D eigenvalue weighted by atomic mass is 32.2. The number of thioether (sulfide) groups is 1. The number of hydrogen-bond acceptors (Lipinski definition) is 5. The Labute approximate surface area is 178 Å². The number of nitrogens with zero attached hydrogens (tertiary/aromatic N) is 2. The maximum absolute atomic E-state index is 13.6. The van der Waals surface area contributed by atoms with Gasteiger partial charge in [-0.3, -0.25) is 14.2 Å². The summed E-state index contributed by atoms with van der Waals surface area (Å²) in [5.74, 6) is 0.0348. The lowest BCUT2D eigenvalue weighted by atomic mass is 10.1. The van der Waals surface area contributed by atoms with E-state index in [4.69, 9.17) is 4.98 Å².